The molecule has 2 aliphatic rings. The number of nitrogens with zero attached hydrogens (tertiary/aromatic N) is 4. The molecule has 0 aromatic heterocycles. The van der Waals surface area contributed by atoms with Gasteiger partial charge in [-0.05, 0) is 128 Å². The lowest BCUT2D eigenvalue weighted by molar-refractivity contribution is -0.0653. The van der Waals surface area contributed by atoms with Crippen LogP contribution in [0, 0.1) is 22.7 Å². The van der Waals surface area contributed by atoms with Crippen LogP contribution in [-0.2, 0) is 16.2 Å². The van der Waals surface area contributed by atoms with Crippen LogP contribution in [-0.4, -0.2) is 0 Å². The molecule has 0 saturated heterocycles. The molecule has 2 aliphatic heterocycles. The van der Waals surface area contributed by atoms with E-state index < -0.39 is 11.4 Å². The van der Waals surface area contributed by atoms with E-state index in [1.807, 2.05) is 72.8 Å². The molecule has 2 atom stereocenters. The summed E-state index contributed by atoms with van der Waals surface area (Å²) in [4.78, 5) is 5.68. The smallest absolute Gasteiger partial charge is 0.208 e. The molecule has 12 rings (SSSR count). The van der Waals surface area contributed by atoms with Crippen molar-refractivity contribution in [1.29, 1.82) is 10.5 Å². The van der Waals surface area contributed by atoms with Crippen LogP contribution in [0.15, 0.2) is 252 Å². The van der Waals surface area contributed by atoms with Crippen LogP contribution in [0.4, 0.5) is 22.7 Å². The van der Waals surface area contributed by atoms with Gasteiger partial charge in [-0.3, -0.25) is 0 Å². The maximum Gasteiger partial charge on any atom is 0.208 e. The SMILES string of the molecule is N#Cc1cc2cc3c(cc2cc1C#N)C1(N(c2ccc(-c4ccccc4)cc2)c2ccc(-c4ccccc4)cc2)OC3(N(c2ccc(-c3ccccc3)cc2)c2ccc(-c3ccccc3)cc2)C(S)=C1S. The first-order valence-corrected chi connectivity index (χ1v) is 24.3. The summed E-state index contributed by atoms with van der Waals surface area (Å²) in [5, 5.41) is 22.2. The zero-order chi connectivity index (χ0) is 48.1. The minimum atomic E-state index is -1.42. The Bertz CT molecular complexity index is 3330. The number of ether oxygens (including phenoxy) is 1. The summed E-state index contributed by atoms with van der Waals surface area (Å²) in [5.74, 6) is 0. The molecular weight excluding hydrogens is 905 g/mol. The second-order valence-electron chi connectivity index (χ2n) is 17.8. The van der Waals surface area contributed by atoms with Crippen LogP contribution in [0.1, 0.15) is 22.3 Å². The fourth-order valence-electron chi connectivity index (χ4n) is 10.4. The second kappa shape index (κ2) is 17.8. The van der Waals surface area contributed by atoms with Crippen LogP contribution >= 0.6 is 25.3 Å². The van der Waals surface area contributed by atoms with Gasteiger partial charge in [0.05, 0.1) is 20.9 Å². The predicted octanol–water partition coefficient (Wildman–Crippen LogP) is 16.3. The van der Waals surface area contributed by atoms with Gasteiger partial charge in [0.2, 0.25) is 11.4 Å². The first-order chi connectivity index (χ1) is 34.9. The van der Waals surface area contributed by atoms with Gasteiger partial charge in [0.15, 0.2) is 0 Å². The normalized spacial score (nSPS) is 16.6. The van der Waals surface area contributed by atoms with Crippen molar-refractivity contribution in [3.63, 3.8) is 0 Å². The Morgan fingerprint density at radius 1 is 0.324 bits per heavy atom. The molecule has 0 saturated carbocycles. The van der Waals surface area contributed by atoms with Crippen LogP contribution in [0.25, 0.3) is 55.3 Å². The summed E-state index contributed by atoms with van der Waals surface area (Å²) in [6.07, 6.45) is 0. The maximum atomic E-state index is 10.3. The second-order valence-corrected chi connectivity index (χ2v) is 18.7. The third-order valence-electron chi connectivity index (χ3n) is 13.8. The minimum absolute atomic E-state index is 0.299. The highest BCUT2D eigenvalue weighted by Gasteiger charge is 2.69. The van der Waals surface area contributed by atoms with Crippen molar-refractivity contribution in [3.8, 4) is 56.6 Å². The summed E-state index contributed by atoms with van der Waals surface area (Å²) >= 11 is 11.2. The van der Waals surface area contributed by atoms with Crippen molar-refractivity contribution in [2.24, 2.45) is 0 Å². The summed E-state index contributed by atoms with van der Waals surface area (Å²) in [6, 6.07) is 88.1. The number of thiol groups is 2. The van der Waals surface area contributed by atoms with Gasteiger partial charge < -0.3 is 14.5 Å². The average Bonchev–Trinajstić information content (AvgIpc) is 3.87. The highest BCUT2D eigenvalue weighted by molar-refractivity contribution is 7.88. The molecule has 2 unspecified atom stereocenters. The molecule has 10 aromatic carbocycles. The summed E-state index contributed by atoms with van der Waals surface area (Å²) < 4.78 is 8.12. The maximum absolute atomic E-state index is 10.3. The number of benzene rings is 10. The Labute approximate surface area is 424 Å². The van der Waals surface area contributed by atoms with Crippen molar-refractivity contribution >= 4 is 58.8 Å². The van der Waals surface area contributed by atoms with Crippen LogP contribution in [0.2, 0.25) is 0 Å². The van der Waals surface area contributed by atoms with E-state index in [0.29, 0.717) is 20.9 Å². The lowest BCUT2D eigenvalue weighted by atomic mass is 9.83. The van der Waals surface area contributed by atoms with E-state index in [0.717, 1.165) is 89.2 Å². The van der Waals surface area contributed by atoms with E-state index in [9.17, 15) is 10.5 Å². The molecule has 0 radical (unpaired) electrons. The number of hydrogen-bond donors (Lipinski definition) is 2. The van der Waals surface area contributed by atoms with Gasteiger partial charge in [-0.15, -0.1) is 25.3 Å². The molecule has 0 N–H and O–H groups in total. The van der Waals surface area contributed by atoms with Gasteiger partial charge in [-0.1, -0.05) is 170 Å². The first kappa shape index (κ1) is 43.7. The van der Waals surface area contributed by atoms with E-state index in [2.05, 4.69) is 180 Å². The van der Waals surface area contributed by atoms with E-state index in [1.54, 1.807) is 12.1 Å². The quantitative estimate of drug-likeness (QED) is 0.134. The monoisotopic (exact) mass is 946 g/mol. The number of hydrogen-bond acceptors (Lipinski definition) is 7. The van der Waals surface area contributed by atoms with E-state index in [-0.39, 0.29) is 0 Å². The zero-order valence-corrected chi connectivity index (χ0v) is 40.0. The number of fused-ring (bicyclic) bond motifs is 6. The number of rotatable bonds is 10. The summed E-state index contributed by atoms with van der Waals surface area (Å²) in [5.41, 5.74) is 11.6. The van der Waals surface area contributed by atoms with Crippen molar-refractivity contribution in [2.75, 3.05) is 9.80 Å². The molecule has 0 amide bonds. The Morgan fingerprint density at radius 2 is 0.563 bits per heavy atom. The first-order valence-electron chi connectivity index (χ1n) is 23.4. The lowest BCUT2D eigenvalue weighted by Crippen LogP contribution is -2.45. The third-order valence-corrected chi connectivity index (χ3v) is 15.0. The predicted molar refractivity (Wildman–Crippen MR) is 295 cm³/mol. The standard InChI is InChI=1S/C64H42N4OS2/c65-41-53-37-51-39-59-60(40-52(51)38-54(53)42-66)64(68(57-33-25-49(26-34-57)45-17-9-3-10-18-45)58-35-27-50(28-36-58)46-19-11-4-12-20-46)62(71)61(70)63(59,69-64)67(55-29-21-47(22-30-55)43-13-5-1-6-14-43)56-31-23-48(24-32-56)44-15-7-2-8-16-44/h1-40,70-71H. The third kappa shape index (κ3) is 7.22. The van der Waals surface area contributed by atoms with Gasteiger partial charge >= 0.3 is 0 Å². The molecule has 71 heavy (non-hydrogen) atoms. The molecule has 2 heterocycles. The van der Waals surface area contributed by atoms with Gasteiger partial charge in [0.25, 0.3) is 0 Å². The van der Waals surface area contributed by atoms with Crippen LogP contribution in [0.5, 0.6) is 0 Å². The molecule has 5 nitrogen and oxygen atoms in total. The van der Waals surface area contributed by atoms with E-state index in [4.69, 9.17) is 30.0 Å². The molecule has 2 bridgehead atoms. The highest BCUT2D eigenvalue weighted by atomic mass is 32.1. The zero-order valence-electron chi connectivity index (χ0n) is 38.2. The Balaban J connectivity index is 1.13. The van der Waals surface area contributed by atoms with E-state index in [1.165, 1.54) is 0 Å². The average molecular weight is 947 g/mol. The van der Waals surface area contributed by atoms with E-state index >= 15 is 0 Å². The molecule has 336 valence electrons. The van der Waals surface area contributed by atoms with Gasteiger partial charge in [-0.2, -0.15) is 10.5 Å². The number of nitriles is 2. The van der Waals surface area contributed by atoms with Crippen LogP contribution < -0.4 is 9.80 Å². The minimum Gasteiger partial charge on any atom is -0.310 e. The van der Waals surface area contributed by atoms with Crippen molar-refractivity contribution in [2.45, 2.75) is 11.4 Å². The topological polar surface area (TPSA) is 63.3 Å². The van der Waals surface area contributed by atoms with Crippen molar-refractivity contribution < 1.29 is 4.74 Å². The van der Waals surface area contributed by atoms with Crippen LogP contribution in [0.3, 0.4) is 0 Å². The Hall–Kier alpha value is -8.56. The van der Waals surface area contributed by atoms with Crippen molar-refractivity contribution in [1.82, 2.24) is 0 Å². The fourth-order valence-corrected chi connectivity index (χ4v) is 11.2. The summed E-state index contributed by atoms with van der Waals surface area (Å²) in [7, 11) is 0. The summed E-state index contributed by atoms with van der Waals surface area (Å²) in [6.45, 7) is 0. The molecule has 0 spiro atoms. The molecule has 7 heteroatoms. The number of anilines is 4. The van der Waals surface area contributed by atoms with Gasteiger partial charge in [-0.25, -0.2) is 0 Å². The van der Waals surface area contributed by atoms with Gasteiger partial charge in [0.1, 0.15) is 12.1 Å². The molecule has 10 aromatic rings. The fraction of sp³-hybridized carbons (Fsp3) is 0.0312. The lowest BCUT2D eigenvalue weighted by Gasteiger charge is -2.43. The van der Waals surface area contributed by atoms with Crippen molar-refractivity contribution in [3.05, 3.63) is 275 Å². The molecular formula is C64H42N4OS2. The van der Waals surface area contributed by atoms with Gasteiger partial charge in [0, 0.05) is 33.9 Å². The largest absolute Gasteiger partial charge is 0.310 e. The Kier molecular flexibility index (Phi) is 10.9. The molecule has 0 fully saturated rings. The molecule has 0 aliphatic carbocycles. The Morgan fingerprint density at radius 3 is 0.803 bits per heavy atom. The highest BCUT2D eigenvalue weighted by Crippen LogP contribution is 2.69.